The van der Waals surface area contributed by atoms with Crippen LogP contribution in [-0.2, 0) is 9.59 Å². The van der Waals surface area contributed by atoms with Gasteiger partial charge in [-0.3, -0.25) is 9.59 Å². The van der Waals surface area contributed by atoms with Gasteiger partial charge in [0.1, 0.15) is 5.82 Å². The normalized spacial score (nSPS) is 14.3. The Bertz CT molecular complexity index is 839. The van der Waals surface area contributed by atoms with Gasteiger partial charge in [-0.2, -0.15) is 0 Å². The average molecular weight is 396 g/mol. The fourth-order valence-electron chi connectivity index (χ4n) is 2.76. The van der Waals surface area contributed by atoms with Crippen molar-refractivity contribution in [2.45, 2.75) is 0 Å². The topological polar surface area (TPSA) is 52.7 Å². The third kappa shape index (κ3) is 4.08. The van der Waals surface area contributed by atoms with E-state index in [2.05, 4.69) is 5.32 Å². The summed E-state index contributed by atoms with van der Waals surface area (Å²) in [6, 6.07) is 11.1. The van der Waals surface area contributed by atoms with Gasteiger partial charge in [0.15, 0.2) is 0 Å². The van der Waals surface area contributed by atoms with E-state index in [1.54, 1.807) is 24.3 Å². The van der Waals surface area contributed by atoms with Crippen molar-refractivity contribution in [1.82, 2.24) is 4.90 Å². The second kappa shape index (κ2) is 7.93. The van der Waals surface area contributed by atoms with E-state index < -0.39 is 11.8 Å². The Labute approximate surface area is 160 Å². The number of hydrogen-bond acceptors (Lipinski definition) is 3. The van der Waals surface area contributed by atoms with E-state index in [-0.39, 0.29) is 10.8 Å². The molecule has 1 N–H and O–H groups in total. The van der Waals surface area contributed by atoms with Crippen LogP contribution < -0.4 is 10.2 Å². The first-order valence-corrected chi connectivity index (χ1v) is 8.76. The number of nitrogens with one attached hydrogen (secondary N) is 1. The molecule has 1 saturated heterocycles. The lowest BCUT2D eigenvalue weighted by Crippen LogP contribution is -2.51. The summed E-state index contributed by atoms with van der Waals surface area (Å²) in [5.74, 6) is -1.68. The zero-order chi connectivity index (χ0) is 18.7. The predicted molar refractivity (Wildman–Crippen MR) is 100 cm³/mol. The first-order valence-electron chi connectivity index (χ1n) is 8.00. The molecule has 0 saturated carbocycles. The first-order chi connectivity index (χ1) is 12.5. The molecule has 0 aromatic heterocycles. The molecule has 136 valence electrons. The summed E-state index contributed by atoms with van der Waals surface area (Å²) in [5, 5.41) is 3.16. The van der Waals surface area contributed by atoms with Crippen molar-refractivity contribution >= 4 is 46.4 Å². The quantitative estimate of drug-likeness (QED) is 0.792. The standard InChI is InChI=1S/C18H16Cl2FN3O2/c19-13-6-5-12(11-14(13)20)22-17(25)18(26)24-9-7-23(8-10-24)16-4-2-1-3-15(16)21/h1-6,11H,7-10H2,(H,22,25). The smallest absolute Gasteiger partial charge is 0.313 e. The fourth-order valence-corrected chi connectivity index (χ4v) is 3.06. The second-order valence-corrected chi connectivity index (χ2v) is 6.63. The molecule has 2 amide bonds. The Kier molecular flexibility index (Phi) is 5.64. The van der Waals surface area contributed by atoms with E-state index in [1.165, 1.54) is 23.1 Å². The van der Waals surface area contributed by atoms with Gasteiger partial charge >= 0.3 is 11.8 Å². The summed E-state index contributed by atoms with van der Waals surface area (Å²) in [6.45, 7) is 1.57. The largest absolute Gasteiger partial charge is 0.366 e. The van der Waals surface area contributed by atoms with E-state index in [1.807, 2.05) is 4.90 Å². The molecule has 0 spiro atoms. The zero-order valence-electron chi connectivity index (χ0n) is 13.7. The van der Waals surface area contributed by atoms with Crippen LogP contribution in [0.3, 0.4) is 0 Å². The third-order valence-electron chi connectivity index (χ3n) is 4.13. The van der Waals surface area contributed by atoms with E-state index >= 15 is 0 Å². The molecule has 0 bridgehead atoms. The molecule has 1 fully saturated rings. The Morgan fingerprint density at radius 1 is 0.962 bits per heavy atom. The Hall–Kier alpha value is -2.31. The van der Waals surface area contributed by atoms with Crippen molar-refractivity contribution in [3.63, 3.8) is 0 Å². The van der Waals surface area contributed by atoms with Crippen LogP contribution in [-0.4, -0.2) is 42.9 Å². The number of piperazine rings is 1. The number of amides is 2. The molecule has 0 radical (unpaired) electrons. The number of para-hydroxylation sites is 1. The highest BCUT2D eigenvalue weighted by Gasteiger charge is 2.27. The molecule has 1 heterocycles. The molecule has 2 aromatic carbocycles. The zero-order valence-corrected chi connectivity index (χ0v) is 15.2. The van der Waals surface area contributed by atoms with Crippen LogP contribution in [0.4, 0.5) is 15.8 Å². The Balaban J connectivity index is 1.58. The van der Waals surface area contributed by atoms with Gasteiger partial charge in [-0.15, -0.1) is 0 Å². The van der Waals surface area contributed by atoms with Crippen molar-refractivity contribution in [1.29, 1.82) is 0 Å². The third-order valence-corrected chi connectivity index (χ3v) is 4.87. The maximum atomic E-state index is 13.9. The molecule has 0 unspecified atom stereocenters. The van der Waals surface area contributed by atoms with Crippen molar-refractivity contribution in [2.24, 2.45) is 0 Å². The number of halogens is 3. The molecule has 8 heteroatoms. The Morgan fingerprint density at radius 2 is 1.65 bits per heavy atom. The number of hydrogen-bond donors (Lipinski definition) is 1. The SMILES string of the molecule is O=C(Nc1ccc(Cl)c(Cl)c1)C(=O)N1CCN(c2ccccc2F)CC1. The van der Waals surface area contributed by atoms with Crippen LogP contribution in [0.5, 0.6) is 0 Å². The van der Waals surface area contributed by atoms with E-state index in [4.69, 9.17) is 23.2 Å². The molecule has 26 heavy (non-hydrogen) atoms. The summed E-state index contributed by atoms with van der Waals surface area (Å²) in [7, 11) is 0. The minimum absolute atomic E-state index is 0.287. The molecule has 0 aliphatic carbocycles. The number of carbonyl (C=O) groups is 2. The van der Waals surface area contributed by atoms with Crippen molar-refractivity contribution in [2.75, 3.05) is 36.4 Å². The second-order valence-electron chi connectivity index (χ2n) is 5.81. The maximum absolute atomic E-state index is 13.9. The van der Waals surface area contributed by atoms with Crippen LogP contribution in [0, 0.1) is 5.82 Å². The van der Waals surface area contributed by atoms with Gasteiger partial charge in [0.25, 0.3) is 0 Å². The minimum atomic E-state index is -0.747. The van der Waals surface area contributed by atoms with Crippen LogP contribution in [0.15, 0.2) is 42.5 Å². The molecule has 1 aliphatic rings. The van der Waals surface area contributed by atoms with Crippen LogP contribution in [0.2, 0.25) is 10.0 Å². The molecular formula is C18H16Cl2FN3O2. The summed E-state index contributed by atoms with van der Waals surface area (Å²) in [5.41, 5.74) is 0.891. The maximum Gasteiger partial charge on any atom is 0.313 e. The first kappa shape index (κ1) is 18.5. The molecule has 5 nitrogen and oxygen atoms in total. The lowest BCUT2D eigenvalue weighted by molar-refractivity contribution is -0.143. The summed E-state index contributed by atoms with van der Waals surface area (Å²) in [6.07, 6.45) is 0. The number of nitrogens with zero attached hydrogens (tertiary/aromatic N) is 2. The summed E-state index contributed by atoms with van der Waals surface area (Å²) in [4.78, 5) is 27.8. The Morgan fingerprint density at radius 3 is 2.31 bits per heavy atom. The van der Waals surface area contributed by atoms with Gasteiger partial charge in [0.05, 0.1) is 15.7 Å². The van der Waals surface area contributed by atoms with Gasteiger partial charge < -0.3 is 15.1 Å². The number of anilines is 2. The lowest BCUT2D eigenvalue weighted by atomic mass is 10.2. The molecule has 1 aliphatic heterocycles. The fraction of sp³-hybridized carbons (Fsp3) is 0.222. The molecular weight excluding hydrogens is 380 g/mol. The van der Waals surface area contributed by atoms with Gasteiger partial charge in [0.2, 0.25) is 0 Å². The van der Waals surface area contributed by atoms with Crippen LogP contribution >= 0.6 is 23.2 Å². The molecule has 3 rings (SSSR count). The molecule has 2 aromatic rings. The van der Waals surface area contributed by atoms with Crippen molar-refractivity contribution < 1.29 is 14.0 Å². The highest BCUT2D eigenvalue weighted by atomic mass is 35.5. The van der Waals surface area contributed by atoms with Crippen LogP contribution in [0.1, 0.15) is 0 Å². The van der Waals surface area contributed by atoms with E-state index in [0.717, 1.165) is 0 Å². The van der Waals surface area contributed by atoms with E-state index in [0.29, 0.717) is 42.6 Å². The van der Waals surface area contributed by atoms with Crippen LogP contribution in [0.25, 0.3) is 0 Å². The summed E-state index contributed by atoms with van der Waals surface area (Å²) < 4.78 is 13.9. The van der Waals surface area contributed by atoms with Crippen molar-refractivity contribution in [3.8, 4) is 0 Å². The highest BCUT2D eigenvalue weighted by molar-refractivity contribution is 6.42. The lowest BCUT2D eigenvalue weighted by Gasteiger charge is -2.35. The number of carbonyl (C=O) groups excluding carboxylic acids is 2. The van der Waals surface area contributed by atoms with E-state index in [9.17, 15) is 14.0 Å². The van der Waals surface area contributed by atoms with Gasteiger partial charge in [0, 0.05) is 31.9 Å². The monoisotopic (exact) mass is 395 g/mol. The minimum Gasteiger partial charge on any atom is -0.366 e. The predicted octanol–water partition coefficient (Wildman–Crippen LogP) is 3.42. The number of benzene rings is 2. The van der Waals surface area contributed by atoms with Gasteiger partial charge in [-0.05, 0) is 30.3 Å². The highest BCUT2D eigenvalue weighted by Crippen LogP contribution is 2.25. The molecule has 0 atom stereocenters. The van der Waals surface area contributed by atoms with Gasteiger partial charge in [-0.25, -0.2) is 4.39 Å². The average Bonchev–Trinajstić information content (AvgIpc) is 2.65. The van der Waals surface area contributed by atoms with Crippen molar-refractivity contribution in [3.05, 3.63) is 58.3 Å². The number of rotatable bonds is 2. The van der Waals surface area contributed by atoms with Gasteiger partial charge in [-0.1, -0.05) is 35.3 Å². The summed E-state index contributed by atoms with van der Waals surface area (Å²) >= 11 is 11.7.